The van der Waals surface area contributed by atoms with Crippen molar-refractivity contribution in [3.05, 3.63) is 39.4 Å². The Morgan fingerprint density at radius 1 is 1.41 bits per heavy atom. The van der Waals surface area contributed by atoms with E-state index >= 15 is 0 Å². The van der Waals surface area contributed by atoms with Crippen LogP contribution in [0.5, 0.6) is 0 Å². The van der Waals surface area contributed by atoms with Gasteiger partial charge in [0.25, 0.3) is 5.69 Å². The second kappa shape index (κ2) is 5.33. The number of benzene rings is 1. The quantitative estimate of drug-likeness (QED) is 0.462. The number of rotatable bonds is 4. The van der Waals surface area contributed by atoms with E-state index in [2.05, 4.69) is 4.74 Å². The third kappa shape index (κ3) is 3.20. The molecule has 0 N–H and O–H groups in total. The summed E-state index contributed by atoms with van der Waals surface area (Å²) >= 11 is 0. The van der Waals surface area contributed by atoms with Crippen LogP contribution in [-0.2, 0) is 16.0 Å². The van der Waals surface area contributed by atoms with E-state index in [1.54, 1.807) is 6.92 Å². The number of hydrogen-bond acceptors (Lipinski definition) is 4. The summed E-state index contributed by atoms with van der Waals surface area (Å²) in [4.78, 5) is 20.5. The summed E-state index contributed by atoms with van der Waals surface area (Å²) in [6.45, 7) is 1.65. The molecule has 1 aromatic rings. The number of carbonyl (C=O) groups is 1. The molecule has 0 spiro atoms. The van der Waals surface area contributed by atoms with E-state index in [9.17, 15) is 23.7 Å². The predicted molar refractivity (Wildman–Crippen MR) is 53.3 cm³/mol. The number of esters is 1. The van der Waals surface area contributed by atoms with Crippen molar-refractivity contribution in [2.24, 2.45) is 0 Å². The molecule has 1 rings (SSSR count). The standard InChI is InChI=1S/C10H9F2NO4/c1-2-17-10(14)5-7-8(11)3-6(13(15)16)4-9(7)12/h3-4H,2,5H2,1H3. The van der Waals surface area contributed by atoms with Gasteiger partial charge in [0.15, 0.2) is 0 Å². The summed E-state index contributed by atoms with van der Waals surface area (Å²) in [6.07, 6.45) is -0.594. The Morgan fingerprint density at radius 3 is 2.35 bits per heavy atom. The molecule has 1 aromatic carbocycles. The fourth-order valence-corrected chi connectivity index (χ4v) is 1.22. The SMILES string of the molecule is CCOC(=O)Cc1c(F)cc([N+](=O)[O-])cc1F. The van der Waals surface area contributed by atoms with Crippen LogP contribution in [0.1, 0.15) is 12.5 Å². The van der Waals surface area contributed by atoms with E-state index in [1.165, 1.54) is 0 Å². The molecule has 0 aliphatic rings. The van der Waals surface area contributed by atoms with Crippen LogP contribution in [0.4, 0.5) is 14.5 Å². The number of carbonyl (C=O) groups excluding carboxylic acids is 1. The highest BCUT2D eigenvalue weighted by Gasteiger charge is 2.19. The van der Waals surface area contributed by atoms with Crippen molar-refractivity contribution < 1.29 is 23.2 Å². The predicted octanol–water partition coefficient (Wildman–Crippen LogP) is 1.98. The summed E-state index contributed by atoms with van der Waals surface area (Å²) in [7, 11) is 0. The number of nitro benzene ring substituents is 1. The lowest BCUT2D eigenvalue weighted by atomic mass is 10.1. The largest absolute Gasteiger partial charge is 0.466 e. The summed E-state index contributed by atoms with van der Waals surface area (Å²) < 4.78 is 31.2. The fourth-order valence-electron chi connectivity index (χ4n) is 1.22. The number of nitrogens with zero attached hydrogens (tertiary/aromatic N) is 1. The van der Waals surface area contributed by atoms with Gasteiger partial charge in [-0.1, -0.05) is 0 Å². The maximum Gasteiger partial charge on any atom is 0.310 e. The third-order valence-corrected chi connectivity index (χ3v) is 1.96. The second-order valence-electron chi connectivity index (χ2n) is 3.13. The van der Waals surface area contributed by atoms with Crippen molar-refractivity contribution in [3.8, 4) is 0 Å². The first-order chi connectivity index (χ1) is 7.95. The molecule has 0 amide bonds. The van der Waals surface area contributed by atoms with Crippen molar-refractivity contribution in [2.75, 3.05) is 6.61 Å². The number of ether oxygens (including phenoxy) is 1. The molecule has 7 heteroatoms. The van der Waals surface area contributed by atoms with Crippen LogP contribution in [0, 0.1) is 21.7 Å². The minimum atomic E-state index is -1.13. The highest BCUT2D eigenvalue weighted by Crippen LogP contribution is 2.21. The van der Waals surface area contributed by atoms with Gasteiger partial charge in [-0.2, -0.15) is 0 Å². The lowest BCUT2D eigenvalue weighted by Gasteiger charge is -2.04. The molecule has 0 aliphatic heterocycles. The van der Waals surface area contributed by atoms with E-state index in [4.69, 9.17) is 0 Å². The Morgan fingerprint density at radius 2 is 1.94 bits per heavy atom. The van der Waals surface area contributed by atoms with Gasteiger partial charge in [0.05, 0.1) is 30.1 Å². The Bertz CT molecular complexity index is 439. The van der Waals surface area contributed by atoms with Crippen LogP contribution in [0.2, 0.25) is 0 Å². The van der Waals surface area contributed by atoms with E-state index in [0.29, 0.717) is 12.1 Å². The molecule has 5 nitrogen and oxygen atoms in total. The van der Waals surface area contributed by atoms with Crippen LogP contribution in [0.3, 0.4) is 0 Å². The van der Waals surface area contributed by atoms with Gasteiger partial charge in [0, 0.05) is 5.56 Å². The Labute approximate surface area is 95.2 Å². The molecular formula is C10H9F2NO4. The third-order valence-electron chi connectivity index (χ3n) is 1.96. The van der Waals surface area contributed by atoms with Gasteiger partial charge in [-0.3, -0.25) is 14.9 Å². The first kappa shape index (κ1) is 13.0. The Kier molecular flexibility index (Phi) is 4.08. The van der Waals surface area contributed by atoms with Crippen molar-refractivity contribution in [3.63, 3.8) is 0 Å². The average Bonchev–Trinajstić information content (AvgIpc) is 2.23. The van der Waals surface area contributed by atoms with E-state index in [-0.39, 0.29) is 6.61 Å². The maximum atomic E-state index is 13.3. The zero-order valence-corrected chi connectivity index (χ0v) is 8.91. The van der Waals surface area contributed by atoms with Crippen molar-refractivity contribution in [2.45, 2.75) is 13.3 Å². The first-order valence-corrected chi connectivity index (χ1v) is 4.73. The van der Waals surface area contributed by atoms with Gasteiger partial charge in [-0.05, 0) is 6.92 Å². The Balaban J connectivity index is 3.01. The first-order valence-electron chi connectivity index (χ1n) is 4.73. The molecule has 17 heavy (non-hydrogen) atoms. The second-order valence-corrected chi connectivity index (χ2v) is 3.13. The van der Waals surface area contributed by atoms with Crippen molar-refractivity contribution in [1.29, 1.82) is 0 Å². The topological polar surface area (TPSA) is 69.4 Å². The summed E-state index contributed by atoms with van der Waals surface area (Å²) in [6, 6.07) is 1.13. The number of halogens is 2. The minimum absolute atomic E-state index is 0.0923. The molecule has 0 saturated heterocycles. The molecule has 0 bridgehead atoms. The summed E-state index contributed by atoms with van der Waals surface area (Å²) in [5.41, 5.74) is -1.23. The van der Waals surface area contributed by atoms with Gasteiger partial charge in [-0.15, -0.1) is 0 Å². The molecule has 0 heterocycles. The summed E-state index contributed by atoms with van der Waals surface area (Å²) in [5.74, 6) is -3.06. The number of hydrogen-bond donors (Lipinski definition) is 0. The molecule has 0 unspecified atom stereocenters. The molecule has 0 fully saturated rings. The smallest absolute Gasteiger partial charge is 0.310 e. The van der Waals surface area contributed by atoms with Gasteiger partial charge in [0.2, 0.25) is 0 Å². The molecule has 0 atom stereocenters. The van der Waals surface area contributed by atoms with E-state index in [1.807, 2.05) is 0 Å². The van der Waals surface area contributed by atoms with Crippen LogP contribution in [0.15, 0.2) is 12.1 Å². The molecule has 0 aliphatic carbocycles. The molecule has 0 aromatic heterocycles. The number of non-ortho nitro benzene ring substituents is 1. The van der Waals surface area contributed by atoms with Crippen LogP contribution < -0.4 is 0 Å². The fraction of sp³-hybridized carbons (Fsp3) is 0.300. The normalized spacial score (nSPS) is 10.1. The van der Waals surface area contributed by atoms with E-state index < -0.39 is 40.2 Å². The highest BCUT2D eigenvalue weighted by atomic mass is 19.1. The maximum absolute atomic E-state index is 13.3. The minimum Gasteiger partial charge on any atom is -0.466 e. The average molecular weight is 245 g/mol. The Hall–Kier alpha value is -2.05. The van der Waals surface area contributed by atoms with Gasteiger partial charge < -0.3 is 4.74 Å². The molecular weight excluding hydrogens is 236 g/mol. The zero-order valence-electron chi connectivity index (χ0n) is 8.91. The lowest BCUT2D eigenvalue weighted by molar-refractivity contribution is -0.385. The van der Waals surface area contributed by atoms with Gasteiger partial charge in [-0.25, -0.2) is 8.78 Å². The number of nitro groups is 1. The van der Waals surface area contributed by atoms with E-state index in [0.717, 1.165) is 0 Å². The van der Waals surface area contributed by atoms with Crippen molar-refractivity contribution >= 4 is 11.7 Å². The van der Waals surface area contributed by atoms with Crippen LogP contribution in [0.25, 0.3) is 0 Å². The monoisotopic (exact) mass is 245 g/mol. The molecule has 0 radical (unpaired) electrons. The van der Waals surface area contributed by atoms with Gasteiger partial charge in [0.1, 0.15) is 11.6 Å². The van der Waals surface area contributed by atoms with Crippen molar-refractivity contribution in [1.82, 2.24) is 0 Å². The lowest BCUT2D eigenvalue weighted by Crippen LogP contribution is -2.10. The van der Waals surface area contributed by atoms with Crippen LogP contribution in [-0.4, -0.2) is 17.5 Å². The molecule has 0 saturated carbocycles. The molecule has 92 valence electrons. The summed E-state index contributed by atoms with van der Waals surface area (Å²) in [5, 5.41) is 10.3. The highest BCUT2D eigenvalue weighted by molar-refractivity contribution is 5.72. The van der Waals surface area contributed by atoms with Crippen LogP contribution >= 0.6 is 0 Å². The van der Waals surface area contributed by atoms with Gasteiger partial charge >= 0.3 is 5.97 Å². The zero-order chi connectivity index (χ0) is 13.0.